The lowest BCUT2D eigenvalue weighted by Gasteiger charge is -2.18. The summed E-state index contributed by atoms with van der Waals surface area (Å²) in [6, 6.07) is 25.3. The Hall–Kier alpha value is -3.19. The molecule has 0 N–H and O–H groups in total. The number of nitrogens with zero attached hydrogens (tertiary/aromatic N) is 1. The zero-order valence-electron chi connectivity index (χ0n) is 21.0. The zero-order chi connectivity index (χ0) is 23.8. The first-order valence-electron chi connectivity index (χ1n) is 11.8. The Labute approximate surface area is 179 Å². The van der Waals surface area contributed by atoms with Crippen LogP contribution in [0.4, 0.5) is 0 Å². The average Bonchev–Trinajstić information content (AvgIpc) is 2.79. The molecule has 144 valence electrons. The van der Waals surface area contributed by atoms with Crippen molar-refractivity contribution in [2.75, 3.05) is 0 Å². The Morgan fingerprint density at radius 2 is 1.34 bits per heavy atom. The summed E-state index contributed by atoms with van der Waals surface area (Å²) in [5, 5.41) is 0. The first kappa shape index (κ1) is 14.8. The molecule has 1 heteroatoms. The fourth-order valence-corrected chi connectivity index (χ4v) is 3.26. The van der Waals surface area contributed by atoms with Crippen molar-refractivity contribution in [2.45, 2.75) is 27.1 Å². The standard InChI is InChI=1S/C28H27N/c1-28(2,3)20-21-9-11-22(12-10-21)23-13-15-24(16-14-23)26-17-18-29-27(19-26)25-7-5-4-6-8-25/h4-19H,20H2,1-3H3/i11D,12D,20D2. The lowest BCUT2D eigenvalue weighted by Crippen LogP contribution is -2.08. The number of aromatic nitrogens is 1. The summed E-state index contributed by atoms with van der Waals surface area (Å²) >= 11 is 0. The van der Waals surface area contributed by atoms with Crippen molar-refractivity contribution in [2.24, 2.45) is 5.41 Å². The summed E-state index contributed by atoms with van der Waals surface area (Å²) in [6.45, 7) is 5.49. The Balaban J connectivity index is 1.67. The van der Waals surface area contributed by atoms with Gasteiger partial charge in [-0.25, -0.2) is 0 Å². The third-order valence-electron chi connectivity index (χ3n) is 4.60. The quantitative estimate of drug-likeness (QED) is 0.353. The third kappa shape index (κ3) is 4.81. The van der Waals surface area contributed by atoms with Crippen LogP contribution in [0.3, 0.4) is 0 Å². The number of hydrogen-bond donors (Lipinski definition) is 0. The molecule has 0 aliphatic rings. The van der Waals surface area contributed by atoms with E-state index in [-0.39, 0.29) is 12.1 Å². The molecule has 0 bridgehead atoms. The van der Waals surface area contributed by atoms with E-state index in [2.05, 4.69) is 11.1 Å². The van der Waals surface area contributed by atoms with Gasteiger partial charge in [0.2, 0.25) is 0 Å². The normalized spacial score (nSPS) is 13.9. The molecular weight excluding hydrogens is 350 g/mol. The highest BCUT2D eigenvalue weighted by Crippen LogP contribution is 2.28. The van der Waals surface area contributed by atoms with Crippen molar-refractivity contribution >= 4 is 0 Å². The molecule has 4 aromatic rings. The average molecular weight is 382 g/mol. The molecule has 0 fully saturated rings. The van der Waals surface area contributed by atoms with Crippen LogP contribution >= 0.6 is 0 Å². The molecule has 1 aromatic heterocycles. The van der Waals surface area contributed by atoms with Crippen LogP contribution in [0.1, 0.15) is 31.8 Å². The van der Waals surface area contributed by atoms with Crippen LogP contribution in [0.2, 0.25) is 0 Å². The molecule has 0 amide bonds. The van der Waals surface area contributed by atoms with E-state index < -0.39 is 11.8 Å². The van der Waals surface area contributed by atoms with Gasteiger partial charge in [-0.2, -0.15) is 0 Å². The van der Waals surface area contributed by atoms with Gasteiger partial charge < -0.3 is 0 Å². The van der Waals surface area contributed by atoms with E-state index in [0.29, 0.717) is 11.1 Å². The maximum Gasteiger partial charge on any atom is 0.0708 e. The van der Waals surface area contributed by atoms with E-state index in [1.54, 1.807) is 18.3 Å². The fraction of sp³-hybridized carbons (Fsp3) is 0.179. The van der Waals surface area contributed by atoms with Gasteiger partial charge in [0.15, 0.2) is 0 Å². The van der Waals surface area contributed by atoms with Crippen molar-refractivity contribution in [3.8, 4) is 33.5 Å². The predicted octanol–water partition coefficient (Wildman–Crippen LogP) is 7.67. The molecule has 29 heavy (non-hydrogen) atoms. The van der Waals surface area contributed by atoms with Crippen LogP contribution in [-0.2, 0) is 6.37 Å². The van der Waals surface area contributed by atoms with E-state index in [9.17, 15) is 0 Å². The molecule has 0 radical (unpaired) electrons. The van der Waals surface area contributed by atoms with Gasteiger partial charge in [-0.3, -0.25) is 4.98 Å². The molecule has 0 unspecified atom stereocenters. The van der Waals surface area contributed by atoms with Crippen molar-refractivity contribution < 1.29 is 5.48 Å². The minimum absolute atomic E-state index is 0.161. The van der Waals surface area contributed by atoms with E-state index >= 15 is 0 Å². The molecule has 0 atom stereocenters. The van der Waals surface area contributed by atoms with Gasteiger partial charge in [0, 0.05) is 14.5 Å². The Morgan fingerprint density at radius 1 is 0.724 bits per heavy atom. The van der Waals surface area contributed by atoms with E-state index in [1.807, 2.05) is 81.4 Å². The largest absolute Gasteiger partial charge is 0.256 e. The summed E-state index contributed by atoms with van der Waals surface area (Å²) in [7, 11) is 0. The second-order valence-corrected chi connectivity index (χ2v) is 8.16. The number of pyridine rings is 1. The molecule has 1 nitrogen and oxygen atoms in total. The Bertz CT molecular complexity index is 1250. The smallest absolute Gasteiger partial charge is 0.0708 e. The third-order valence-corrected chi connectivity index (χ3v) is 4.60. The van der Waals surface area contributed by atoms with Gasteiger partial charge in [-0.05, 0) is 51.7 Å². The van der Waals surface area contributed by atoms with Crippen LogP contribution in [0.15, 0.2) is 97.1 Å². The lowest BCUT2D eigenvalue weighted by atomic mass is 9.87. The number of rotatable bonds is 4. The van der Waals surface area contributed by atoms with Crippen molar-refractivity contribution in [3.05, 3.63) is 103 Å². The highest BCUT2D eigenvalue weighted by Gasteiger charge is 2.11. The van der Waals surface area contributed by atoms with Crippen LogP contribution in [0, 0.1) is 5.41 Å². The maximum atomic E-state index is 8.52. The fourth-order valence-electron chi connectivity index (χ4n) is 3.26. The Morgan fingerprint density at radius 3 is 1.97 bits per heavy atom. The summed E-state index contributed by atoms with van der Waals surface area (Å²) < 4.78 is 34.0. The molecule has 0 aliphatic carbocycles. The summed E-state index contributed by atoms with van der Waals surface area (Å²) in [5.74, 6) is 0. The van der Waals surface area contributed by atoms with Gasteiger partial charge in [0.25, 0.3) is 0 Å². The predicted molar refractivity (Wildman–Crippen MR) is 124 cm³/mol. The molecule has 4 rings (SSSR count). The zero-order valence-corrected chi connectivity index (χ0v) is 17.0. The van der Waals surface area contributed by atoms with Crippen molar-refractivity contribution in [3.63, 3.8) is 0 Å². The van der Waals surface area contributed by atoms with E-state index in [0.717, 1.165) is 27.9 Å². The van der Waals surface area contributed by atoms with Gasteiger partial charge in [0.1, 0.15) is 0 Å². The first-order chi connectivity index (χ1) is 15.6. The lowest BCUT2D eigenvalue weighted by molar-refractivity contribution is 0.411. The molecule has 0 aliphatic heterocycles. The maximum absolute atomic E-state index is 8.52. The van der Waals surface area contributed by atoms with Crippen molar-refractivity contribution in [1.29, 1.82) is 0 Å². The van der Waals surface area contributed by atoms with Crippen LogP contribution in [-0.4, -0.2) is 4.98 Å². The number of hydrogen-bond acceptors (Lipinski definition) is 1. The van der Waals surface area contributed by atoms with E-state index in [4.69, 9.17) is 5.48 Å². The highest BCUT2D eigenvalue weighted by molar-refractivity contribution is 5.73. The summed E-state index contributed by atoms with van der Waals surface area (Å²) in [6.07, 6.45) is 0.163. The van der Waals surface area contributed by atoms with Crippen molar-refractivity contribution in [1.82, 2.24) is 4.98 Å². The number of benzene rings is 3. The van der Waals surface area contributed by atoms with Crippen LogP contribution in [0.5, 0.6) is 0 Å². The SMILES string of the molecule is [2H]c1cc(C([2H])([2H])C(C)(C)C)cc([2H])c1-c1ccc(-c2ccnc(-c3ccccc3)c2)cc1. The van der Waals surface area contributed by atoms with Gasteiger partial charge in [-0.1, -0.05) is 99.6 Å². The molecule has 0 spiro atoms. The van der Waals surface area contributed by atoms with Gasteiger partial charge >= 0.3 is 0 Å². The molecule has 0 saturated heterocycles. The summed E-state index contributed by atoms with van der Waals surface area (Å²) in [4.78, 5) is 4.49. The molecule has 3 aromatic carbocycles. The molecule has 0 saturated carbocycles. The minimum Gasteiger partial charge on any atom is -0.256 e. The van der Waals surface area contributed by atoms with Gasteiger partial charge in [0.05, 0.1) is 8.44 Å². The van der Waals surface area contributed by atoms with Gasteiger partial charge in [-0.15, -0.1) is 0 Å². The minimum atomic E-state index is -1.64. The van der Waals surface area contributed by atoms with Crippen LogP contribution in [0.25, 0.3) is 33.5 Å². The highest BCUT2D eigenvalue weighted by atomic mass is 14.7. The Kier molecular flexibility index (Phi) is 4.09. The van der Waals surface area contributed by atoms with E-state index in [1.165, 1.54) is 0 Å². The second kappa shape index (κ2) is 8.05. The van der Waals surface area contributed by atoms with Crippen LogP contribution < -0.4 is 0 Å². The second-order valence-electron chi connectivity index (χ2n) is 8.16. The summed E-state index contributed by atoms with van der Waals surface area (Å²) in [5.41, 5.74) is 5.04. The molecular formula is C28H27N. The topological polar surface area (TPSA) is 12.9 Å². The molecule has 1 heterocycles. The monoisotopic (exact) mass is 381 g/mol. The first-order valence-corrected chi connectivity index (χ1v) is 9.82.